The number of carbonyl (C=O) groups is 1. The minimum Gasteiger partial charge on any atom is -0.481 e. The number of carboxylic acids is 1. The summed E-state index contributed by atoms with van der Waals surface area (Å²) in [6.45, 7) is 2.24. The zero-order chi connectivity index (χ0) is 12.0. The monoisotopic (exact) mass is 238 g/mol. The van der Waals surface area contributed by atoms with Crippen LogP contribution in [0.1, 0.15) is 51.9 Å². The molecular formula is C14H22O3. The second-order valence-electron chi connectivity index (χ2n) is 6.47. The highest BCUT2D eigenvalue weighted by Gasteiger charge is 2.54. The van der Waals surface area contributed by atoms with E-state index < -0.39 is 5.97 Å². The molecule has 0 aromatic heterocycles. The smallest absolute Gasteiger partial charge is 0.309 e. The molecule has 3 nitrogen and oxygen atoms in total. The Kier molecular flexibility index (Phi) is 2.69. The summed E-state index contributed by atoms with van der Waals surface area (Å²) in [6.07, 6.45) is 8.19. The number of aliphatic carboxylic acids is 1. The van der Waals surface area contributed by atoms with Crippen LogP contribution in [-0.2, 0) is 9.53 Å². The van der Waals surface area contributed by atoms with Gasteiger partial charge in [-0.15, -0.1) is 0 Å². The van der Waals surface area contributed by atoms with Gasteiger partial charge in [-0.1, -0.05) is 19.8 Å². The lowest BCUT2D eigenvalue weighted by Gasteiger charge is -2.23. The maximum Gasteiger partial charge on any atom is 0.309 e. The molecule has 3 heteroatoms. The Balaban J connectivity index is 1.73. The van der Waals surface area contributed by atoms with E-state index in [9.17, 15) is 9.90 Å². The van der Waals surface area contributed by atoms with Gasteiger partial charge in [0.2, 0.25) is 0 Å². The van der Waals surface area contributed by atoms with Crippen molar-refractivity contribution >= 4 is 5.97 Å². The fraction of sp³-hybridized carbons (Fsp3) is 0.929. The summed E-state index contributed by atoms with van der Waals surface area (Å²) < 4.78 is 6.17. The van der Waals surface area contributed by atoms with Crippen LogP contribution in [0.5, 0.6) is 0 Å². The van der Waals surface area contributed by atoms with Crippen molar-refractivity contribution in [3.05, 3.63) is 0 Å². The Labute approximate surface area is 103 Å². The molecule has 3 atom stereocenters. The van der Waals surface area contributed by atoms with Crippen molar-refractivity contribution < 1.29 is 14.6 Å². The Morgan fingerprint density at radius 3 is 2.47 bits per heavy atom. The van der Waals surface area contributed by atoms with Gasteiger partial charge in [0, 0.05) is 0 Å². The van der Waals surface area contributed by atoms with Crippen molar-refractivity contribution in [2.75, 3.05) is 0 Å². The lowest BCUT2D eigenvalue weighted by atomic mass is 9.87. The maximum atomic E-state index is 11.4. The van der Waals surface area contributed by atoms with E-state index in [2.05, 4.69) is 6.92 Å². The van der Waals surface area contributed by atoms with Gasteiger partial charge >= 0.3 is 5.97 Å². The predicted octanol–water partition coefficient (Wildman–Crippen LogP) is 2.84. The zero-order valence-corrected chi connectivity index (χ0v) is 10.5. The molecule has 0 aromatic carbocycles. The summed E-state index contributed by atoms with van der Waals surface area (Å²) in [6, 6.07) is 0. The number of hydrogen-bond donors (Lipinski definition) is 1. The molecule has 1 N–H and O–H groups in total. The SMILES string of the molecule is CC1(C2CC(C(=O)O)C(C3CCCC3)O2)CC1. The molecule has 3 aliphatic rings. The summed E-state index contributed by atoms with van der Waals surface area (Å²) in [5.74, 6) is -0.391. The van der Waals surface area contributed by atoms with Gasteiger partial charge < -0.3 is 9.84 Å². The van der Waals surface area contributed by atoms with Gasteiger partial charge in [-0.25, -0.2) is 0 Å². The van der Waals surface area contributed by atoms with Gasteiger partial charge in [0.15, 0.2) is 0 Å². The minimum absolute atomic E-state index is 0.00238. The second kappa shape index (κ2) is 3.98. The second-order valence-corrected chi connectivity index (χ2v) is 6.47. The van der Waals surface area contributed by atoms with Gasteiger partial charge in [0.25, 0.3) is 0 Å². The van der Waals surface area contributed by atoms with Gasteiger partial charge in [0.1, 0.15) is 0 Å². The molecule has 0 radical (unpaired) electrons. The number of ether oxygens (including phenoxy) is 1. The van der Waals surface area contributed by atoms with E-state index in [-0.39, 0.29) is 18.1 Å². The van der Waals surface area contributed by atoms with Crippen LogP contribution in [0.4, 0.5) is 0 Å². The van der Waals surface area contributed by atoms with Crippen molar-refractivity contribution in [2.24, 2.45) is 17.3 Å². The molecule has 2 aliphatic carbocycles. The van der Waals surface area contributed by atoms with Crippen LogP contribution >= 0.6 is 0 Å². The molecule has 17 heavy (non-hydrogen) atoms. The average Bonchev–Trinajstić information content (AvgIpc) is 2.77. The number of carboxylic acid groups (broad SMARTS) is 1. The number of hydrogen-bond acceptors (Lipinski definition) is 2. The molecular weight excluding hydrogens is 216 g/mol. The van der Waals surface area contributed by atoms with Gasteiger partial charge in [-0.2, -0.15) is 0 Å². The Hall–Kier alpha value is -0.570. The summed E-state index contributed by atoms with van der Waals surface area (Å²) in [7, 11) is 0. The lowest BCUT2D eigenvalue weighted by Crippen LogP contribution is -2.30. The molecule has 0 aromatic rings. The first-order valence-electron chi connectivity index (χ1n) is 6.98. The predicted molar refractivity (Wildman–Crippen MR) is 63.7 cm³/mol. The van der Waals surface area contributed by atoms with E-state index in [4.69, 9.17) is 4.74 Å². The maximum absolute atomic E-state index is 11.4. The highest BCUT2D eigenvalue weighted by molar-refractivity contribution is 5.71. The Morgan fingerprint density at radius 1 is 1.29 bits per heavy atom. The first kappa shape index (κ1) is 11.5. The summed E-state index contributed by atoms with van der Waals surface area (Å²) in [5, 5.41) is 9.37. The van der Waals surface area contributed by atoms with E-state index in [1.165, 1.54) is 25.7 Å². The van der Waals surface area contributed by atoms with Crippen LogP contribution in [0.3, 0.4) is 0 Å². The van der Waals surface area contributed by atoms with E-state index in [1.54, 1.807) is 0 Å². The fourth-order valence-electron chi connectivity index (χ4n) is 3.64. The van der Waals surface area contributed by atoms with Crippen molar-refractivity contribution in [2.45, 2.75) is 64.1 Å². The molecule has 3 fully saturated rings. The molecule has 3 unspecified atom stereocenters. The van der Waals surface area contributed by atoms with Gasteiger partial charge in [0.05, 0.1) is 18.1 Å². The van der Waals surface area contributed by atoms with Crippen LogP contribution < -0.4 is 0 Å². The van der Waals surface area contributed by atoms with Crippen LogP contribution in [-0.4, -0.2) is 23.3 Å². The molecule has 96 valence electrons. The highest BCUT2D eigenvalue weighted by atomic mass is 16.5. The lowest BCUT2D eigenvalue weighted by molar-refractivity contribution is -0.144. The van der Waals surface area contributed by atoms with Gasteiger partial charge in [-0.05, 0) is 43.4 Å². The number of rotatable bonds is 3. The molecule has 0 bridgehead atoms. The first-order chi connectivity index (χ1) is 8.10. The third kappa shape index (κ3) is 1.99. The van der Waals surface area contributed by atoms with Crippen LogP contribution in [0.25, 0.3) is 0 Å². The van der Waals surface area contributed by atoms with Crippen LogP contribution in [0.2, 0.25) is 0 Å². The Bertz CT molecular complexity index is 315. The molecule has 3 rings (SSSR count). The van der Waals surface area contributed by atoms with Crippen LogP contribution in [0.15, 0.2) is 0 Å². The molecule has 0 amide bonds. The van der Waals surface area contributed by atoms with E-state index in [1.807, 2.05) is 0 Å². The standard InChI is InChI=1S/C14H22O3/c1-14(6-7-14)11-8-10(13(15)16)12(17-11)9-4-2-3-5-9/h9-12H,2-8H2,1H3,(H,15,16). The zero-order valence-electron chi connectivity index (χ0n) is 10.5. The first-order valence-corrected chi connectivity index (χ1v) is 6.98. The molecule has 0 spiro atoms. The van der Waals surface area contributed by atoms with E-state index in [0.717, 1.165) is 19.3 Å². The third-order valence-electron chi connectivity index (χ3n) is 5.18. The van der Waals surface area contributed by atoms with Crippen molar-refractivity contribution in [3.63, 3.8) is 0 Å². The fourth-order valence-corrected chi connectivity index (χ4v) is 3.64. The average molecular weight is 238 g/mol. The highest BCUT2D eigenvalue weighted by Crippen LogP contribution is 2.55. The summed E-state index contributed by atoms with van der Waals surface area (Å²) >= 11 is 0. The van der Waals surface area contributed by atoms with E-state index in [0.29, 0.717) is 11.3 Å². The quantitative estimate of drug-likeness (QED) is 0.822. The topological polar surface area (TPSA) is 46.5 Å². The van der Waals surface area contributed by atoms with Crippen molar-refractivity contribution in [1.29, 1.82) is 0 Å². The summed E-state index contributed by atoms with van der Waals surface area (Å²) in [5.41, 5.74) is 0.293. The van der Waals surface area contributed by atoms with Crippen LogP contribution in [0, 0.1) is 17.3 Å². The molecule has 1 heterocycles. The normalized spacial score (nSPS) is 40.6. The molecule has 1 aliphatic heterocycles. The molecule has 2 saturated carbocycles. The minimum atomic E-state index is -0.645. The molecule has 1 saturated heterocycles. The van der Waals surface area contributed by atoms with Crippen molar-refractivity contribution in [3.8, 4) is 0 Å². The van der Waals surface area contributed by atoms with E-state index >= 15 is 0 Å². The van der Waals surface area contributed by atoms with Gasteiger partial charge in [-0.3, -0.25) is 4.79 Å². The third-order valence-corrected chi connectivity index (χ3v) is 5.18. The largest absolute Gasteiger partial charge is 0.481 e. The Morgan fingerprint density at radius 2 is 1.94 bits per heavy atom. The summed E-state index contributed by atoms with van der Waals surface area (Å²) in [4.78, 5) is 11.4. The van der Waals surface area contributed by atoms with Crippen molar-refractivity contribution in [1.82, 2.24) is 0 Å².